The van der Waals surface area contributed by atoms with E-state index in [2.05, 4.69) is 4.98 Å². The molecule has 0 saturated carbocycles. The predicted molar refractivity (Wildman–Crippen MR) is 90.2 cm³/mol. The molecule has 2 heterocycles. The number of Topliss-reactive ketones (excluding diaryl/α,β-unsaturated/α-hetero) is 1. The fourth-order valence-corrected chi connectivity index (χ4v) is 2.63. The van der Waals surface area contributed by atoms with Gasteiger partial charge in [-0.05, 0) is 49.7 Å². The molecule has 2 aromatic carbocycles. The van der Waals surface area contributed by atoms with E-state index in [0.717, 1.165) is 10.9 Å². The molecule has 5 nitrogen and oxygen atoms in total. The van der Waals surface area contributed by atoms with Gasteiger partial charge in [-0.3, -0.25) is 4.79 Å². The molecular weight excluding hydrogens is 306 g/mol. The molecule has 0 atom stereocenters. The van der Waals surface area contributed by atoms with E-state index in [-0.39, 0.29) is 17.2 Å². The van der Waals surface area contributed by atoms with Gasteiger partial charge in [0.1, 0.15) is 16.7 Å². The van der Waals surface area contributed by atoms with Crippen LogP contribution >= 0.6 is 0 Å². The summed E-state index contributed by atoms with van der Waals surface area (Å²) < 4.78 is 11.0. The number of benzene rings is 2. The Morgan fingerprint density at radius 1 is 1.00 bits per heavy atom. The van der Waals surface area contributed by atoms with Gasteiger partial charge in [-0.1, -0.05) is 12.1 Å². The molecule has 4 aromatic rings. The van der Waals surface area contributed by atoms with Gasteiger partial charge in [0.2, 0.25) is 5.89 Å². The zero-order chi connectivity index (χ0) is 16.8. The van der Waals surface area contributed by atoms with E-state index in [1.165, 1.54) is 6.92 Å². The number of nitrogens with zero attached hydrogens (tertiary/aromatic N) is 1. The van der Waals surface area contributed by atoms with Crippen molar-refractivity contribution in [3.05, 3.63) is 64.0 Å². The number of aromatic nitrogens is 1. The van der Waals surface area contributed by atoms with Crippen LogP contribution in [0.2, 0.25) is 0 Å². The minimum atomic E-state index is -0.508. The molecule has 0 aliphatic heterocycles. The maximum Gasteiger partial charge on any atom is 0.349 e. The van der Waals surface area contributed by atoms with Crippen LogP contribution in [0.4, 0.5) is 0 Å². The van der Waals surface area contributed by atoms with Gasteiger partial charge in [0.05, 0.1) is 0 Å². The Balaban J connectivity index is 1.92. The Labute approximate surface area is 136 Å². The second kappa shape index (κ2) is 5.16. The van der Waals surface area contributed by atoms with Gasteiger partial charge in [0.25, 0.3) is 0 Å². The zero-order valence-corrected chi connectivity index (χ0v) is 13.1. The first-order valence-corrected chi connectivity index (χ1v) is 7.48. The summed E-state index contributed by atoms with van der Waals surface area (Å²) in [6, 6.07) is 12.3. The van der Waals surface area contributed by atoms with E-state index in [1.807, 2.05) is 25.1 Å². The highest BCUT2D eigenvalue weighted by Gasteiger charge is 2.15. The van der Waals surface area contributed by atoms with Crippen LogP contribution in [0, 0.1) is 6.92 Å². The number of hydrogen-bond donors (Lipinski definition) is 0. The van der Waals surface area contributed by atoms with Crippen LogP contribution in [0.1, 0.15) is 22.8 Å². The van der Waals surface area contributed by atoms with Crippen molar-refractivity contribution in [2.75, 3.05) is 0 Å². The van der Waals surface area contributed by atoms with E-state index in [0.29, 0.717) is 22.2 Å². The number of oxazole rings is 1. The summed E-state index contributed by atoms with van der Waals surface area (Å²) in [4.78, 5) is 28.1. The number of rotatable bonds is 2. The second-order valence-corrected chi connectivity index (χ2v) is 5.75. The Bertz CT molecular complexity index is 1170. The summed E-state index contributed by atoms with van der Waals surface area (Å²) in [6.07, 6.45) is 0. The third-order valence-electron chi connectivity index (χ3n) is 3.92. The van der Waals surface area contributed by atoms with Gasteiger partial charge in [0.15, 0.2) is 11.4 Å². The van der Waals surface area contributed by atoms with Crippen molar-refractivity contribution in [1.29, 1.82) is 0 Å². The average Bonchev–Trinajstić information content (AvgIpc) is 2.96. The topological polar surface area (TPSA) is 73.3 Å². The highest BCUT2D eigenvalue weighted by Crippen LogP contribution is 2.25. The largest absolute Gasteiger partial charge is 0.436 e. The molecule has 2 aromatic heterocycles. The molecule has 0 unspecified atom stereocenters. The van der Waals surface area contributed by atoms with Crippen molar-refractivity contribution in [3.63, 3.8) is 0 Å². The molecule has 0 amide bonds. The molecule has 0 bridgehead atoms. The third-order valence-corrected chi connectivity index (χ3v) is 3.92. The molecule has 0 spiro atoms. The zero-order valence-electron chi connectivity index (χ0n) is 13.1. The highest BCUT2D eigenvalue weighted by atomic mass is 16.4. The molecule has 0 aliphatic carbocycles. The quantitative estimate of drug-likeness (QED) is 0.410. The number of fused-ring (bicyclic) bond motifs is 2. The van der Waals surface area contributed by atoms with E-state index in [9.17, 15) is 9.59 Å². The first kappa shape index (κ1) is 14.4. The summed E-state index contributed by atoms with van der Waals surface area (Å²) in [7, 11) is 0. The Morgan fingerprint density at radius 3 is 2.62 bits per heavy atom. The molecular formula is C19H13NO4. The molecule has 5 heteroatoms. The van der Waals surface area contributed by atoms with Crippen molar-refractivity contribution >= 4 is 27.9 Å². The van der Waals surface area contributed by atoms with Crippen LogP contribution < -0.4 is 5.63 Å². The van der Waals surface area contributed by atoms with Crippen molar-refractivity contribution in [2.24, 2.45) is 0 Å². The van der Waals surface area contributed by atoms with Gasteiger partial charge in [-0.2, -0.15) is 0 Å². The van der Waals surface area contributed by atoms with Gasteiger partial charge < -0.3 is 8.83 Å². The number of carbonyl (C=O) groups is 1. The highest BCUT2D eigenvalue weighted by molar-refractivity contribution is 5.97. The third kappa shape index (κ3) is 2.31. The van der Waals surface area contributed by atoms with Gasteiger partial charge in [0, 0.05) is 10.9 Å². The van der Waals surface area contributed by atoms with E-state index >= 15 is 0 Å². The van der Waals surface area contributed by atoms with E-state index in [4.69, 9.17) is 8.83 Å². The van der Waals surface area contributed by atoms with Crippen LogP contribution in [-0.2, 0) is 0 Å². The second-order valence-electron chi connectivity index (χ2n) is 5.75. The first-order chi connectivity index (χ1) is 11.5. The summed E-state index contributed by atoms with van der Waals surface area (Å²) in [5.41, 5.74) is 2.87. The van der Waals surface area contributed by atoms with Crippen LogP contribution in [-0.4, -0.2) is 10.8 Å². The van der Waals surface area contributed by atoms with Crippen LogP contribution in [0.5, 0.6) is 0 Å². The molecule has 0 saturated heterocycles. The molecule has 0 radical (unpaired) electrons. The van der Waals surface area contributed by atoms with Gasteiger partial charge in [-0.25, -0.2) is 9.78 Å². The lowest BCUT2D eigenvalue weighted by atomic mass is 10.1. The van der Waals surface area contributed by atoms with E-state index < -0.39 is 5.63 Å². The smallest absolute Gasteiger partial charge is 0.349 e. The minimum Gasteiger partial charge on any atom is -0.436 e. The standard InChI is InChI=1S/C19H13NO4/c1-10-3-4-13-8-14(19(22)24-17(13)7-10)18-20-15-9-12(11(2)21)5-6-16(15)23-18/h3-9H,1-2H3. The maximum absolute atomic E-state index is 12.3. The summed E-state index contributed by atoms with van der Waals surface area (Å²) >= 11 is 0. The van der Waals surface area contributed by atoms with Crippen molar-refractivity contribution in [2.45, 2.75) is 13.8 Å². The number of ketones is 1. The van der Waals surface area contributed by atoms with Gasteiger partial charge in [-0.15, -0.1) is 0 Å². The Hall–Kier alpha value is -3.21. The summed E-state index contributed by atoms with van der Waals surface area (Å²) in [6.45, 7) is 3.42. The first-order valence-electron chi connectivity index (χ1n) is 7.48. The molecule has 118 valence electrons. The summed E-state index contributed by atoms with van der Waals surface area (Å²) in [5.74, 6) is 0.129. The van der Waals surface area contributed by atoms with Crippen LogP contribution in [0.25, 0.3) is 33.5 Å². The molecule has 0 N–H and O–H groups in total. The minimum absolute atomic E-state index is 0.0537. The molecule has 0 aliphatic rings. The lowest BCUT2D eigenvalue weighted by molar-refractivity contribution is 0.101. The lowest BCUT2D eigenvalue weighted by Crippen LogP contribution is -2.02. The van der Waals surface area contributed by atoms with E-state index in [1.54, 1.807) is 24.3 Å². The normalized spacial score (nSPS) is 11.2. The predicted octanol–water partition coefficient (Wildman–Crippen LogP) is 4.11. The van der Waals surface area contributed by atoms with Crippen molar-refractivity contribution < 1.29 is 13.6 Å². The van der Waals surface area contributed by atoms with Crippen molar-refractivity contribution in [3.8, 4) is 11.5 Å². The van der Waals surface area contributed by atoms with Crippen molar-refractivity contribution in [1.82, 2.24) is 4.98 Å². The average molecular weight is 319 g/mol. The fraction of sp³-hybridized carbons (Fsp3) is 0.105. The molecule has 0 fully saturated rings. The summed E-state index contributed by atoms with van der Waals surface area (Å²) in [5, 5.41) is 0.793. The molecule has 24 heavy (non-hydrogen) atoms. The Morgan fingerprint density at radius 2 is 1.83 bits per heavy atom. The van der Waals surface area contributed by atoms with Crippen LogP contribution in [0.15, 0.2) is 56.1 Å². The van der Waals surface area contributed by atoms with Gasteiger partial charge >= 0.3 is 5.63 Å². The monoisotopic (exact) mass is 319 g/mol. The maximum atomic E-state index is 12.3. The number of hydrogen-bond acceptors (Lipinski definition) is 5. The number of aryl methyl sites for hydroxylation is 1. The SMILES string of the molecule is CC(=O)c1ccc2oc(-c3cc4ccc(C)cc4oc3=O)nc2c1. The lowest BCUT2D eigenvalue weighted by Gasteiger charge is -2.00. The van der Waals surface area contributed by atoms with Crippen LogP contribution in [0.3, 0.4) is 0 Å². The number of carbonyl (C=O) groups excluding carboxylic acids is 1. The fourth-order valence-electron chi connectivity index (χ4n) is 2.63. The molecule has 4 rings (SSSR count). The Kier molecular flexibility index (Phi) is 3.09.